The van der Waals surface area contributed by atoms with Crippen molar-refractivity contribution in [3.8, 4) is 0 Å². The Kier molecular flexibility index (Phi) is 5.00. The summed E-state index contributed by atoms with van der Waals surface area (Å²) in [6.07, 6.45) is -1.96. The number of ether oxygens (including phenoxy) is 2. The average molecular weight is 329 g/mol. The van der Waals surface area contributed by atoms with Crippen molar-refractivity contribution in [1.82, 2.24) is 9.55 Å². The quantitative estimate of drug-likeness (QED) is 0.731. The molecule has 1 aliphatic rings. The number of alkyl halides is 1. The van der Waals surface area contributed by atoms with Gasteiger partial charge in [0.1, 0.15) is 18.6 Å². The number of halogens is 1. The van der Waals surface area contributed by atoms with Gasteiger partial charge in [-0.2, -0.15) is 4.98 Å². The number of carbonyl (C=O) groups excluding carboxylic acids is 1. The Morgan fingerprint density at radius 3 is 2.96 bits per heavy atom. The van der Waals surface area contributed by atoms with E-state index in [9.17, 15) is 14.0 Å². The van der Waals surface area contributed by atoms with E-state index in [2.05, 4.69) is 4.98 Å². The normalized spacial score (nSPS) is 24.6. The Balaban J connectivity index is 1.99. The van der Waals surface area contributed by atoms with E-state index in [-0.39, 0.29) is 25.5 Å². The van der Waals surface area contributed by atoms with Gasteiger partial charge in [-0.1, -0.05) is 0 Å². The largest absolute Gasteiger partial charge is 0.462 e. The number of aliphatic hydroxyl groups excluding tert-OH is 1. The topological polar surface area (TPSA) is 117 Å². The summed E-state index contributed by atoms with van der Waals surface area (Å²) in [5, 5.41) is 9.09. The molecule has 2 rings (SSSR count). The first-order chi connectivity index (χ1) is 10.7. The average Bonchev–Trinajstić information content (AvgIpc) is 2.85. The van der Waals surface area contributed by atoms with Crippen LogP contribution in [0.2, 0.25) is 0 Å². The number of anilines is 1. The summed E-state index contributed by atoms with van der Waals surface area (Å²) in [4.78, 5) is 27.0. The summed E-state index contributed by atoms with van der Waals surface area (Å²) in [5.41, 5.74) is 3.64. The Morgan fingerprint density at radius 1 is 1.65 bits per heavy atom. The van der Waals surface area contributed by atoms with Gasteiger partial charge in [0.15, 0.2) is 6.23 Å². The standard InChI is InChI=1S/C14H20FN3O5/c1-14(2,7-19)12(20)22-6-8-5-9(15)11(23-8)18-4-3-10(16)17-13(18)21/h3-4,8-9,11,19H,5-7H2,1-2H3,(H2,16,17,21). The molecule has 23 heavy (non-hydrogen) atoms. The van der Waals surface area contributed by atoms with E-state index in [4.69, 9.17) is 20.3 Å². The maximum Gasteiger partial charge on any atom is 0.351 e. The molecule has 1 aliphatic heterocycles. The lowest BCUT2D eigenvalue weighted by Crippen LogP contribution is -2.33. The van der Waals surface area contributed by atoms with Crippen LogP contribution in [0.4, 0.5) is 10.2 Å². The fraction of sp³-hybridized carbons (Fsp3) is 0.643. The van der Waals surface area contributed by atoms with Crippen molar-refractivity contribution in [3.63, 3.8) is 0 Å². The molecule has 1 fully saturated rings. The van der Waals surface area contributed by atoms with Gasteiger partial charge in [-0.25, -0.2) is 9.18 Å². The predicted molar refractivity (Wildman–Crippen MR) is 78.2 cm³/mol. The molecule has 0 radical (unpaired) electrons. The van der Waals surface area contributed by atoms with Crippen LogP contribution in [0.15, 0.2) is 17.1 Å². The number of nitrogens with two attached hydrogens (primary N) is 1. The number of aliphatic hydroxyl groups is 1. The monoisotopic (exact) mass is 329 g/mol. The molecule has 0 amide bonds. The second kappa shape index (κ2) is 6.63. The highest BCUT2D eigenvalue weighted by atomic mass is 19.1. The van der Waals surface area contributed by atoms with Gasteiger partial charge in [0.25, 0.3) is 0 Å². The fourth-order valence-electron chi connectivity index (χ4n) is 2.10. The number of rotatable bonds is 5. The van der Waals surface area contributed by atoms with Crippen molar-refractivity contribution >= 4 is 11.8 Å². The minimum absolute atomic E-state index is 0.0195. The molecule has 8 nitrogen and oxygen atoms in total. The number of carbonyl (C=O) groups is 1. The van der Waals surface area contributed by atoms with E-state index in [1.807, 2.05) is 0 Å². The Bertz CT molecular complexity index is 633. The van der Waals surface area contributed by atoms with Gasteiger partial charge in [0.2, 0.25) is 0 Å². The molecule has 9 heteroatoms. The molecular formula is C14H20FN3O5. The molecule has 3 N–H and O–H groups in total. The zero-order valence-corrected chi connectivity index (χ0v) is 12.9. The second-order valence-corrected chi connectivity index (χ2v) is 6.08. The zero-order chi connectivity index (χ0) is 17.2. The van der Waals surface area contributed by atoms with Gasteiger partial charge in [-0.3, -0.25) is 9.36 Å². The molecule has 0 aromatic carbocycles. The summed E-state index contributed by atoms with van der Waals surface area (Å²) in [7, 11) is 0. The van der Waals surface area contributed by atoms with Crippen molar-refractivity contribution in [1.29, 1.82) is 0 Å². The highest BCUT2D eigenvalue weighted by molar-refractivity contribution is 5.76. The van der Waals surface area contributed by atoms with E-state index in [1.165, 1.54) is 26.1 Å². The van der Waals surface area contributed by atoms with Crippen molar-refractivity contribution in [2.75, 3.05) is 18.9 Å². The highest BCUT2D eigenvalue weighted by Gasteiger charge is 2.39. The van der Waals surface area contributed by atoms with Gasteiger partial charge in [-0.15, -0.1) is 0 Å². The van der Waals surface area contributed by atoms with Crippen LogP contribution in [0, 0.1) is 5.41 Å². The molecule has 1 saturated heterocycles. The van der Waals surface area contributed by atoms with Crippen molar-refractivity contribution < 1.29 is 23.8 Å². The maximum atomic E-state index is 14.1. The van der Waals surface area contributed by atoms with Crippen molar-refractivity contribution in [2.45, 2.75) is 38.8 Å². The molecule has 0 saturated carbocycles. The lowest BCUT2D eigenvalue weighted by Gasteiger charge is -2.21. The van der Waals surface area contributed by atoms with Crippen LogP contribution in [0.25, 0.3) is 0 Å². The van der Waals surface area contributed by atoms with E-state index in [1.54, 1.807) is 0 Å². The number of nitrogens with zero attached hydrogens (tertiary/aromatic N) is 2. The summed E-state index contributed by atoms with van der Waals surface area (Å²) < 4.78 is 25.6. The van der Waals surface area contributed by atoms with Gasteiger partial charge in [0.05, 0.1) is 18.1 Å². The third-order valence-corrected chi connectivity index (χ3v) is 3.60. The second-order valence-electron chi connectivity index (χ2n) is 6.08. The maximum absolute atomic E-state index is 14.1. The first-order valence-corrected chi connectivity index (χ1v) is 7.17. The van der Waals surface area contributed by atoms with E-state index >= 15 is 0 Å². The van der Waals surface area contributed by atoms with Crippen LogP contribution in [0.3, 0.4) is 0 Å². The van der Waals surface area contributed by atoms with Crippen LogP contribution in [0.1, 0.15) is 26.5 Å². The highest BCUT2D eigenvalue weighted by Crippen LogP contribution is 2.31. The van der Waals surface area contributed by atoms with Gasteiger partial charge in [-0.05, 0) is 19.9 Å². The number of hydrogen-bond donors (Lipinski definition) is 2. The molecular weight excluding hydrogens is 309 g/mol. The fourth-order valence-corrected chi connectivity index (χ4v) is 2.10. The third-order valence-electron chi connectivity index (χ3n) is 3.60. The van der Waals surface area contributed by atoms with Gasteiger partial charge in [0, 0.05) is 12.6 Å². The lowest BCUT2D eigenvalue weighted by atomic mass is 9.95. The number of hydrogen-bond acceptors (Lipinski definition) is 7. The molecule has 0 bridgehead atoms. The molecule has 0 spiro atoms. The number of aromatic nitrogens is 2. The lowest BCUT2D eigenvalue weighted by molar-refractivity contribution is -0.160. The summed E-state index contributed by atoms with van der Waals surface area (Å²) in [5.74, 6) is -0.565. The minimum Gasteiger partial charge on any atom is -0.462 e. The Morgan fingerprint density at radius 2 is 2.35 bits per heavy atom. The predicted octanol–water partition coefficient (Wildman–Crippen LogP) is 0.0128. The summed E-state index contributed by atoms with van der Waals surface area (Å²) in [6, 6.07) is 1.37. The number of nitrogen functional groups attached to an aromatic ring is 1. The smallest absolute Gasteiger partial charge is 0.351 e. The number of esters is 1. The van der Waals surface area contributed by atoms with Gasteiger partial charge < -0.3 is 20.3 Å². The van der Waals surface area contributed by atoms with Crippen LogP contribution < -0.4 is 11.4 Å². The van der Waals surface area contributed by atoms with E-state index in [0.717, 1.165) is 4.57 Å². The van der Waals surface area contributed by atoms with Crippen LogP contribution in [-0.4, -0.2) is 46.1 Å². The van der Waals surface area contributed by atoms with Crippen molar-refractivity contribution in [3.05, 3.63) is 22.7 Å². The molecule has 3 unspecified atom stereocenters. The first kappa shape index (κ1) is 17.4. The molecule has 0 aliphatic carbocycles. The van der Waals surface area contributed by atoms with Crippen LogP contribution >= 0.6 is 0 Å². The van der Waals surface area contributed by atoms with E-state index < -0.39 is 35.6 Å². The third kappa shape index (κ3) is 3.85. The first-order valence-electron chi connectivity index (χ1n) is 7.17. The SMILES string of the molecule is CC(C)(CO)C(=O)OCC1CC(F)C(n2ccc(N)nc2=O)O1. The van der Waals surface area contributed by atoms with E-state index in [0.29, 0.717) is 0 Å². The van der Waals surface area contributed by atoms with Crippen molar-refractivity contribution in [2.24, 2.45) is 5.41 Å². The van der Waals surface area contributed by atoms with Gasteiger partial charge >= 0.3 is 11.7 Å². The Hall–Kier alpha value is -2.00. The Labute approximate surface area is 132 Å². The zero-order valence-electron chi connectivity index (χ0n) is 12.9. The summed E-state index contributed by atoms with van der Waals surface area (Å²) in [6.45, 7) is 2.55. The van der Waals surface area contributed by atoms with Crippen LogP contribution in [-0.2, 0) is 14.3 Å². The molecule has 2 heterocycles. The van der Waals surface area contributed by atoms with Crippen LogP contribution in [0.5, 0.6) is 0 Å². The minimum atomic E-state index is -1.44. The molecule has 1 aromatic heterocycles. The molecule has 3 atom stereocenters. The molecule has 128 valence electrons. The summed E-state index contributed by atoms with van der Waals surface area (Å²) >= 11 is 0. The molecule has 1 aromatic rings.